The Morgan fingerprint density at radius 2 is 1.41 bits per heavy atom. The number of fused-ring (bicyclic) bond motifs is 1. The van der Waals surface area contributed by atoms with Crippen LogP contribution in [0.2, 0.25) is 0 Å². The Balaban J connectivity index is 0.000000413. The monoisotopic (exact) mass is 681 g/mol. The molecule has 2 aliphatic rings. The van der Waals surface area contributed by atoms with Gasteiger partial charge in [-0.15, -0.1) is 0 Å². The molecule has 3 N–H and O–H groups in total. The number of hydrogen-bond donors (Lipinski definition) is 3. The van der Waals surface area contributed by atoms with Crippen molar-refractivity contribution < 1.29 is 78.7 Å². The van der Waals surface area contributed by atoms with Crippen molar-refractivity contribution >= 4 is 17.9 Å². The molecule has 2 aromatic rings. The molecule has 2 aromatic heterocycles. The zero-order valence-corrected chi connectivity index (χ0v) is 23.7. The molecule has 2 aliphatic heterocycles. The number of pyridine rings is 2. The highest BCUT2D eigenvalue weighted by molar-refractivity contribution is 5.73. The maximum absolute atomic E-state index is 10.6. The standard InChI is InChI=1S/C20H25N3O2.3C2HF3O2/c1-16-3-2-4-19(22-16)10-23-9-18-12-25-15-20(18,13-23)14-24-11-17-5-7-21-8-6-17;3*3-2(4,5)1(6)7/h2-8,18H,9-15H2,1H3;3*(H,6,7)/t18-,20-;;;/m1.../s1. The van der Waals surface area contributed by atoms with Crippen LogP contribution in [0.5, 0.6) is 0 Å². The van der Waals surface area contributed by atoms with Crippen molar-refractivity contribution in [3.8, 4) is 0 Å². The minimum absolute atomic E-state index is 0.122. The molecule has 2 fully saturated rings. The number of aromatic nitrogens is 2. The second kappa shape index (κ2) is 17.0. The maximum atomic E-state index is 10.6. The quantitative estimate of drug-likeness (QED) is 0.372. The number of carbonyl (C=O) groups is 3. The molecule has 2 atom stereocenters. The first-order chi connectivity index (χ1) is 21.1. The van der Waals surface area contributed by atoms with Gasteiger partial charge in [0, 0.05) is 49.1 Å². The van der Waals surface area contributed by atoms with E-state index in [2.05, 4.69) is 27.0 Å². The molecule has 258 valence electrons. The molecule has 0 spiro atoms. The number of likely N-dealkylation sites (tertiary alicyclic amines) is 1. The van der Waals surface area contributed by atoms with Crippen molar-refractivity contribution in [3.05, 3.63) is 59.7 Å². The van der Waals surface area contributed by atoms with Gasteiger partial charge in [-0.2, -0.15) is 39.5 Å². The van der Waals surface area contributed by atoms with E-state index < -0.39 is 36.4 Å². The summed E-state index contributed by atoms with van der Waals surface area (Å²) >= 11 is 0. The van der Waals surface area contributed by atoms with Crippen LogP contribution in [-0.4, -0.2) is 99.5 Å². The van der Waals surface area contributed by atoms with Gasteiger partial charge in [0.15, 0.2) is 0 Å². The van der Waals surface area contributed by atoms with Crippen LogP contribution >= 0.6 is 0 Å². The molecular formula is C26H28F9N3O8. The van der Waals surface area contributed by atoms with Gasteiger partial charge < -0.3 is 24.8 Å². The first-order valence-corrected chi connectivity index (χ1v) is 12.7. The van der Waals surface area contributed by atoms with E-state index in [0.717, 1.165) is 50.8 Å². The summed E-state index contributed by atoms with van der Waals surface area (Å²) in [5.74, 6) is -7.72. The van der Waals surface area contributed by atoms with Crippen LogP contribution < -0.4 is 0 Å². The third-order valence-corrected chi connectivity index (χ3v) is 6.06. The average Bonchev–Trinajstić information content (AvgIpc) is 3.45. The van der Waals surface area contributed by atoms with Gasteiger partial charge in [0.2, 0.25) is 0 Å². The van der Waals surface area contributed by atoms with Crippen LogP contribution in [0, 0.1) is 18.3 Å². The first kappa shape index (κ1) is 40.0. The number of alkyl halides is 9. The second-order valence-electron chi connectivity index (χ2n) is 9.77. The Kier molecular flexibility index (Phi) is 14.8. The lowest BCUT2D eigenvalue weighted by Crippen LogP contribution is -2.35. The zero-order valence-electron chi connectivity index (χ0n) is 23.7. The highest BCUT2D eigenvalue weighted by atomic mass is 19.4. The predicted octanol–water partition coefficient (Wildman–Crippen LogP) is 4.35. The average molecular weight is 682 g/mol. The van der Waals surface area contributed by atoms with Crippen LogP contribution in [0.15, 0.2) is 42.7 Å². The van der Waals surface area contributed by atoms with Crippen LogP contribution in [0.3, 0.4) is 0 Å². The van der Waals surface area contributed by atoms with E-state index >= 15 is 0 Å². The van der Waals surface area contributed by atoms with E-state index in [1.54, 1.807) is 0 Å². The number of ether oxygens (including phenoxy) is 2. The molecular weight excluding hydrogens is 653 g/mol. The largest absolute Gasteiger partial charge is 0.490 e. The lowest BCUT2D eigenvalue weighted by Gasteiger charge is -2.27. The van der Waals surface area contributed by atoms with Gasteiger partial charge in [-0.3, -0.25) is 14.9 Å². The van der Waals surface area contributed by atoms with Crippen molar-refractivity contribution in [1.29, 1.82) is 0 Å². The fourth-order valence-electron chi connectivity index (χ4n) is 4.04. The number of hydrogen-bond acceptors (Lipinski definition) is 8. The summed E-state index contributed by atoms with van der Waals surface area (Å²) in [6.45, 7) is 8.06. The number of aryl methyl sites for hydroxylation is 1. The molecule has 0 bridgehead atoms. The summed E-state index contributed by atoms with van der Waals surface area (Å²) in [5, 5.41) is 21.4. The predicted molar refractivity (Wildman–Crippen MR) is 136 cm³/mol. The highest BCUT2D eigenvalue weighted by Gasteiger charge is 2.50. The molecule has 0 radical (unpaired) electrons. The molecule has 4 rings (SSSR count). The summed E-state index contributed by atoms with van der Waals surface area (Å²) in [6, 6.07) is 10.3. The first-order valence-electron chi connectivity index (χ1n) is 12.7. The van der Waals surface area contributed by atoms with Crippen molar-refractivity contribution in [2.45, 2.75) is 38.6 Å². The normalized spacial score (nSPS) is 19.3. The van der Waals surface area contributed by atoms with Gasteiger partial charge in [0.1, 0.15) is 0 Å². The summed E-state index contributed by atoms with van der Waals surface area (Å²) in [6.07, 6.45) is -11.6. The van der Waals surface area contributed by atoms with Gasteiger partial charge in [-0.1, -0.05) is 6.07 Å². The Morgan fingerprint density at radius 1 is 0.913 bits per heavy atom. The highest BCUT2D eigenvalue weighted by Crippen LogP contribution is 2.42. The van der Waals surface area contributed by atoms with Gasteiger partial charge >= 0.3 is 36.4 Å². The number of halogens is 9. The van der Waals surface area contributed by atoms with E-state index in [-0.39, 0.29) is 5.41 Å². The molecule has 0 aromatic carbocycles. The van der Waals surface area contributed by atoms with Crippen molar-refractivity contribution in [1.82, 2.24) is 14.9 Å². The van der Waals surface area contributed by atoms with Crippen molar-refractivity contribution in [3.63, 3.8) is 0 Å². The van der Waals surface area contributed by atoms with E-state index in [9.17, 15) is 39.5 Å². The fraction of sp³-hybridized carbons (Fsp3) is 0.500. The van der Waals surface area contributed by atoms with Crippen LogP contribution in [0.1, 0.15) is 17.0 Å². The van der Waals surface area contributed by atoms with Gasteiger partial charge in [0.05, 0.1) is 32.1 Å². The van der Waals surface area contributed by atoms with E-state index in [0.29, 0.717) is 12.5 Å². The van der Waals surface area contributed by atoms with E-state index in [4.69, 9.17) is 39.2 Å². The molecule has 0 saturated carbocycles. The Bertz CT molecular complexity index is 1220. The van der Waals surface area contributed by atoms with Crippen molar-refractivity contribution in [2.75, 3.05) is 32.9 Å². The van der Waals surface area contributed by atoms with Crippen LogP contribution in [0.4, 0.5) is 39.5 Å². The minimum atomic E-state index is -5.08. The molecule has 4 heterocycles. The van der Waals surface area contributed by atoms with Crippen LogP contribution in [-0.2, 0) is 37.0 Å². The SMILES string of the molecule is Cc1cccc(CN2C[C@@H]3COC[C@]3(COCc3ccncc3)C2)n1.O=C(O)C(F)(F)F.O=C(O)C(F)(F)F.O=C(O)C(F)(F)F. The summed E-state index contributed by atoms with van der Waals surface area (Å²) in [7, 11) is 0. The number of aliphatic carboxylic acids is 3. The third-order valence-electron chi connectivity index (χ3n) is 6.06. The molecule has 11 nitrogen and oxygen atoms in total. The van der Waals surface area contributed by atoms with E-state index in [1.807, 2.05) is 37.5 Å². The second-order valence-corrected chi connectivity index (χ2v) is 9.77. The van der Waals surface area contributed by atoms with Gasteiger partial charge in [0.25, 0.3) is 0 Å². The Morgan fingerprint density at radius 3 is 1.87 bits per heavy atom. The smallest absolute Gasteiger partial charge is 0.475 e. The molecule has 20 heteroatoms. The van der Waals surface area contributed by atoms with Gasteiger partial charge in [-0.05, 0) is 36.8 Å². The number of nitrogens with zero attached hydrogens (tertiary/aromatic N) is 3. The molecule has 0 unspecified atom stereocenters. The summed E-state index contributed by atoms with van der Waals surface area (Å²) in [4.78, 5) is 37.9. The van der Waals surface area contributed by atoms with Gasteiger partial charge in [-0.25, -0.2) is 14.4 Å². The number of carboxylic acid groups (broad SMARTS) is 3. The Hall–Kier alpha value is -4.04. The van der Waals surface area contributed by atoms with Crippen molar-refractivity contribution in [2.24, 2.45) is 11.3 Å². The summed E-state index contributed by atoms with van der Waals surface area (Å²) in [5.41, 5.74) is 3.52. The molecule has 46 heavy (non-hydrogen) atoms. The minimum Gasteiger partial charge on any atom is -0.475 e. The summed E-state index contributed by atoms with van der Waals surface area (Å²) < 4.78 is 107. The van der Waals surface area contributed by atoms with E-state index in [1.165, 1.54) is 5.56 Å². The maximum Gasteiger partial charge on any atom is 0.490 e. The Labute approximate surface area is 254 Å². The molecule has 2 saturated heterocycles. The van der Waals surface area contributed by atoms with Crippen LogP contribution in [0.25, 0.3) is 0 Å². The third kappa shape index (κ3) is 14.4. The fourth-order valence-corrected chi connectivity index (χ4v) is 4.04. The number of carboxylic acids is 3. The molecule has 0 aliphatic carbocycles. The lowest BCUT2D eigenvalue weighted by atomic mass is 9.82. The number of rotatable bonds is 6. The topological polar surface area (TPSA) is 159 Å². The molecule has 0 amide bonds. The zero-order chi connectivity index (χ0) is 35.3. The lowest BCUT2D eigenvalue weighted by molar-refractivity contribution is -0.193.